The molecule has 0 radical (unpaired) electrons. The maximum absolute atomic E-state index is 12.3. The monoisotopic (exact) mass is 453 g/mol. The molecule has 0 spiro atoms. The molecule has 0 aliphatic heterocycles. The lowest BCUT2D eigenvalue weighted by molar-refractivity contribution is 0.0947. The van der Waals surface area contributed by atoms with Crippen molar-refractivity contribution in [2.24, 2.45) is 0 Å². The number of rotatable bonds is 5. The Bertz CT molecular complexity index is 943. The van der Waals surface area contributed by atoms with Crippen LogP contribution in [0.25, 0.3) is 0 Å². The Balaban J connectivity index is 1.68. The lowest BCUT2D eigenvalue weighted by Gasteiger charge is -2.07. The standard InChI is InChI=1S/C17H14BrCl2N5O/c18-12-4-1-10(2-5-12)9-25-16(21)15(23-24-25)17(26)22-8-11-3-6-13(19)7-14(11)20/h1-7H,8-9,21H2,(H,22,26). The number of hydrogen-bond donors (Lipinski definition) is 2. The second-order valence-corrected chi connectivity index (χ2v) is 7.29. The number of nitrogen functional groups attached to an aromatic ring is 1. The highest BCUT2D eigenvalue weighted by Gasteiger charge is 2.17. The molecule has 1 aromatic heterocycles. The summed E-state index contributed by atoms with van der Waals surface area (Å²) in [6.07, 6.45) is 0. The van der Waals surface area contributed by atoms with Gasteiger partial charge in [0.1, 0.15) is 0 Å². The number of nitrogens with one attached hydrogen (secondary N) is 1. The maximum atomic E-state index is 12.3. The van der Waals surface area contributed by atoms with Crippen molar-refractivity contribution in [3.63, 3.8) is 0 Å². The molecule has 0 atom stereocenters. The van der Waals surface area contributed by atoms with Crippen LogP contribution in [0.2, 0.25) is 10.0 Å². The van der Waals surface area contributed by atoms with E-state index in [4.69, 9.17) is 28.9 Å². The largest absolute Gasteiger partial charge is 0.382 e. The molecule has 0 unspecified atom stereocenters. The molecule has 3 rings (SSSR count). The third kappa shape index (κ3) is 4.35. The molecular formula is C17H14BrCl2N5O. The van der Waals surface area contributed by atoms with E-state index in [1.807, 2.05) is 24.3 Å². The number of benzene rings is 2. The summed E-state index contributed by atoms with van der Waals surface area (Å²) >= 11 is 15.3. The lowest BCUT2D eigenvalue weighted by Crippen LogP contribution is -2.24. The van der Waals surface area contributed by atoms with Crippen molar-refractivity contribution < 1.29 is 4.79 Å². The first-order valence-corrected chi connectivity index (χ1v) is 9.14. The molecule has 134 valence electrons. The number of carbonyl (C=O) groups excluding carboxylic acids is 1. The van der Waals surface area contributed by atoms with Crippen molar-refractivity contribution in [1.29, 1.82) is 0 Å². The normalized spacial score (nSPS) is 10.7. The fourth-order valence-corrected chi connectivity index (χ4v) is 3.03. The smallest absolute Gasteiger partial charge is 0.275 e. The van der Waals surface area contributed by atoms with E-state index >= 15 is 0 Å². The number of amides is 1. The topological polar surface area (TPSA) is 85.8 Å². The van der Waals surface area contributed by atoms with Crippen LogP contribution in [0.3, 0.4) is 0 Å². The highest BCUT2D eigenvalue weighted by molar-refractivity contribution is 9.10. The first-order valence-electron chi connectivity index (χ1n) is 7.59. The zero-order valence-corrected chi connectivity index (χ0v) is 16.5. The van der Waals surface area contributed by atoms with Gasteiger partial charge >= 0.3 is 0 Å². The SMILES string of the molecule is Nc1c(C(=O)NCc2ccc(Cl)cc2Cl)nnn1Cc1ccc(Br)cc1. The zero-order chi connectivity index (χ0) is 18.7. The second-order valence-electron chi connectivity index (χ2n) is 5.53. The minimum absolute atomic E-state index is 0.0761. The number of aromatic nitrogens is 3. The van der Waals surface area contributed by atoms with Crippen molar-refractivity contribution in [2.45, 2.75) is 13.1 Å². The molecule has 26 heavy (non-hydrogen) atoms. The molecule has 1 heterocycles. The Morgan fingerprint density at radius 1 is 1.19 bits per heavy atom. The van der Waals surface area contributed by atoms with Crippen LogP contribution in [0.4, 0.5) is 5.82 Å². The van der Waals surface area contributed by atoms with Gasteiger partial charge in [0.25, 0.3) is 5.91 Å². The summed E-state index contributed by atoms with van der Waals surface area (Å²) in [6.45, 7) is 0.649. The number of nitrogens with two attached hydrogens (primary N) is 1. The van der Waals surface area contributed by atoms with Crippen LogP contribution < -0.4 is 11.1 Å². The number of hydrogen-bond acceptors (Lipinski definition) is 4. The quantitative estimate of drug-likeness (QED) is 0.611. The fraction of sp³-hybridized carbons (Fsp3) is 0.118. The Kier molecular flexibility index (Phi) is 5.80. The lowest BCUT2D eigenvalue weighted by atomic mass is 10.2. The first kappa shape index (κ1) is 18.7. The molecule has 2 aromatic carbocycles. The average molecular weight is 455 g/mol. The summed E-state index contributed by atoms with van der Waals surface area (Å²) in [6, 6.07) is 12.8. The van der Waals surface area contributed by atoms with Crippen LogP contribution in [0.1, 0.15) is 21.6 Å². The Morgan fingerprint density at radius 2 is 1.92 bits per heavy atom. The van der Waals surface area contributed by atoms with Gasteiger partial charge in [-0.3, -0.25) is 4.79 Å². The molecule has 1 amide bonds. The van der Waals surface area contributed by atoms with Gasteiger partial charge in [-0.1, -0.05) is 62.5 Å². The molecule has 9 heteroatoms. The van der Waals surface area contributed by atoms with E-state index in [0.29, 0.717) is 16.6 Å². The zero-order valence-electron chi connectivity index (χ0n) is 13.4. The van der Waals surface area contributed by atoms with Crippen LogP contribution in [0.5, 0.6) is 0 Å². The molecule has 3 aromatic rings. The van der Waals surface area contributed by atoms with Crippen molar-refractivity contribution >= 4 is 50.9 Å². The fourth-order valence-electron chi connectivity index (χ4n) is 2.29. The van der Waals surface area contributed by atoms with Crippen LogP contribution >= 0.6 is 39.1 Å². The van der Waals surface area contributed by atoms with Crippen LogP contribution in [-0.4, -0.2) is 20.9 Å². The van der Waals surface area contributed by atoms with E-state index in [1.54, 1.807) is 18.2 Å². The van der Waals surface area contributed by atoms with Crippen molar-refractivity contribution in [3.05, 3.63) is 73.8 Å². The van der Waals surface area contributed by atoms with E-state index in [-0.39, 0.29) is 18.1 Å². The van der Waals surface area contributed by atoms with Crippen molar-refractivity contribution in [1.82, 2.24) is 20.3 Å². The van der Waals surface area contributed by atoms with Crippen molar-refractivity contribution in [2.75, 3.05) is 5.73 Å². The number of anilines is 1. The number of nitrogens with zero attached hydrogens (tertiary/aromatic N) is 3. The molecular weight excluding hydrogens is 441 g/mol. The van der Waals surface area contributed by atoms with Gasteiger partial charge in [-0.15, -0.1) is 5.10 Å². The summed E-state index contributed by atoms with van der Waals surface area (Å²) < 4.78 is 2.46. The third-order valence-corrected chi connectivity index (χ3v) is 4.80. The van der Waals surface area contributed by atoms with E-state index in [2.05, 4.69) is 31.6 Å². The predicted molar refractivity (Wildman–Crippen MR) is 105 cm³/mol. The Labute approximate surface area is 168 Å². The van der Waals surface area contributed by atoms with Crippen LogP contribution in [0, 0.1) is 0 Å². The molecule has 0 aliphatic rings. The van der Waals surface area contributed by atoms with Gasteiger partial charge in [-0.05, 0) is 35.4 Å². The van der Waals surface area contributed by atoms with Gasteiger partial charge in [-0.25, -0.2) is 4.68 Å². The summed E-state index contributed by atoms with van der Waals surface area (Å²) in [5, 5.41) is 11.6. The number of halogens is 3. The van der Waals surface area contributed by atoms with Gasteiger partial charge in [0.15, 0.2) is 11.5 Å². The van der Waals surface area contributed by atoms with Crippen LogP contribution in [0.15, 0.2) is 46.9 Å². The van der Waals surface area contributed by atoms with Gasteiger partial charge < -0.3 is 11.1 Å². The minimum Gasteiger partial charge on any atom is -0.382 e. The van der Waals surface area contributed by atoms with Gasteiger partial charge in [0.05, 0.1) is 6.54 Å². The second kappa shape index (κ2) is 8.07. The van der Waals surface area contributed by atoms with Crippen LogP contribution in [-0.2, 0) is 13.1 Å². The van der Waals surface area contributed by atoms with Gasteiger partial charge in [0, 0.05) is 21.1 Å². The molecule has 3 N–H and O–H groups in total. The van der Waals surface area contributed by atoms with E-state index in [9.17, 15) is 4.79 Å². The Hall–Kier alpha value is -2.09. The molecule has 0 saturated heterocycles. The first-order chi connectivity index (χ1) is 12.4. The number of carbonyl (C=O) groups is 1. The van der Waals surface area contributed by atoms with E-state index in [1.165, 1.54) is 4.68 Å². The van der Waals surface area contributed by atoms with E-state index < -0.39 is 5.91 Å². The maximum Gasteiger partial charge on any atom is 0.275 e. The van der Waals surface area contributed by atoms with Gasteiger partial charge in [0.2, 0.25) is 0 Å². The third-order valence-electron chi connectivity index (χ3n) is 3.69. The highest BCUT2D eigenvalue weighted by atomic mass is 79.9. The molecule has 0 aliphatic carbocycles. The minimum atomic E-state index is -0.421. The summed E-state index contributed by atoms with van der Waals surface area (Å²) in [5.41, 5.74) is 7.83. The van der Waals surface area contributed by atoms with Gasteiger partial charge in [-0.2, -0.15) is 0 Å². The predicted octanol–water partition coefficient (Wildman–Crippen LogP) is 3.91. The van der Waals surface area contributed by atoms with Crippen molar-refractivity contribution in [3.8, 4) is 0 Å². The average Bonchev–Trinajstić information content (AvgIpc) is 2.97. The summed E-state index contributed by atoms with van der Waals surface area (Å²) in [7, 11) is 0. The summed E-state index contributed by atoms with van der Waals surface area (Å²) in [5.74, 6) is -0.219. The Morgan fingerprint density at radius 3 is 2.62 bits per heavy atom. The summed E-state index contributed by atoms with van der Waals surface area (Å²) in [4.78, 5) is 12.3. The molecule has 0 saturated carbocycles. The molecule has 6 nitrogen and oxygen atoms in total. The van der Waals surface area contributed by atoms with E-state index in [0.717, 1.165) is 15.6 Å². The molecule has 0 fully saturated rings. The molecule has 0 bridgehead atoms. The highest BCUT2D eigenvalue weighted by Crippen LogP contribution is 2.21.